The molecule has 0 aliphatic rings. The molecule has 0 amide bonds. The number of benzene rings is 1. The summed E-state index contributed by atoms with van der Waals surface area (Å²) in [6.07, 6.45) is 0.590. The molecule has 1 unspecified atom stereocenters. The Morgan fingerprint density at radius 3 is 2.94 bits per heavy atom. The van der Waals surface area contributed by atoms with Gasteiger partial charge in [0, 0.05) is 24.3 Å². The minimum Gasteiger partial charge on any atom is -0.390 e. The van der Waals surface area contributed by atoms with Crippen LogP contribution in [-0.4, -0.2) is 42.8 Å². The summed E-state index contributed by atoms with van der Waals surface area (Å²) < 4.78 is 1.34. The normalized spacial score (nSPS) is 13.3. The third-order valence-corrected chi connectivity index (χ3v) is 4.13. The Morgan fingerprint density at radius 2 is 2.17 bits per heavy atom. The smallest absolute Gasteiger partial charge is 0.0788 e. The fraction of sp³-hybridized carbons (Fsp3) is 0.429. The first kappa shape index (κ1) is 13.5. The van der Waals surface area contributed by atoms with Crippen molar-refractivity contribution >= 4 is 21.4 Å². The van der Waals surface area contributed by atoms with Crippen molar-refractivity contribution in [1.82, 2.24) is 4.90 Å². The predicted octanol–water partition coefficient (Wildman–Crippen LogP) is 1.70. The van der Waals surface area contributed by atoms with Crippen molar-refractivity contribution in [2.45, 2.75) is 12.5 Å². The van der Waals surface area contributed by atoms with Gasteiger partial charge in [0.2, 0.25) is 0 Å². The van der Waals surface area contributed by atoms with Crippen LogP contribution in [0.3, 0.4) is 0 Å². The van der Waals surface area contributed by atoms with Crippen LogP contribution < -0.4 is 5.73 Å². The van der Waals surface area contributed by atoms with E-state index in [2.05, 4.69) is 34.5 Å². The number of nitrogens with two attached hydrogens (primary N) is 1. The Hall–Kier alpha value is -0.940. The lowest BCUT2D eigenvalue weighted by Gasteiger charge is -2.19. The van der Waals surface area contributed by atoms with E-state index in [1.807, 2.05) is 7.05 Å². The van der Waals surface area contributed by atoms with Crippen molar-refractivity contribution in [3.63, 3.8) is 0 Å². The molecule has 2 aromatic rings. The van der Waals surface area contributed by atoms with Crippen molar-refractivity contribution in [2.75, 3.05) is 26.7 Å². The first-order valence-corrected chi connectivity index (χ1v) is 7.10. The van der Waals surface area contributed by atoms with Gasteiger partial charge in [0.15, 0.2) is 0 Å². The van der Waals surface area contributed by atoms with E-state index < -0.39 is 6.10 Å². The highest BCUT2D eigenvalue weighted by molar-refractivity contribution is 7.17. The molecular formula is C14H20N2OS. The van der Waals surface area contributed by atoms with Crippen LogP contribution >= 0.6 is 11.3 Å². The Morgan fingerprint density at radius 1 is 1.39 bits per heavy atom. The number of nitrogens with zero attached hydrogens (tertiary/aromatic N) is 1. The zero-order chi connectivity index (χ0) is 13.0. The summed E-state index contributed by atoms with van der Waals surface area (Å²) in [5, 5.41) is 13.1. The van der Waals surface area contributed by atoms with Crippen molar-refractivity contribution in [3.8, 4) is 0 Å². The largest absolute Gasteiger partial charge is 0.390 e. The summed E-state index contributed by atoms with van der Waals surface area (Å²) in [6.45, 7) is 1.90. The molecule has 98 valence electrons. The molecule has 4 heteroatoms. The molecule has 0 spiro atoms. The second-order valence-corrected chi connectivity index (χ2v) is 5.57. The standard InChI is InChI=1S/C14H20N2OS/c1-16(9-12(17)8-15)7-6-11-10-18-14-5-3-2-4-13(11)14/h2-5,10,12,17H,6-9,15H2,1H3. The monoisotopic (exact) mass is 264 g/mol. The van der Waals surface area contributed by atoms with Crippen LogP contribution in [0, 0.1) is 0 Å². The van der Waals surface area contributed by atoms with Crippen LogP contribution in [0.25, 0.3) is 10.1 Å². The van der Waals surface area contributed by atoms with E-state index >= 15 is 0 Å². The fourth-order valence-corrected chi connectivity index (χ4v) is 3.06. The Balaban J connectivity index is 1.94. The first-order valence-electron chi connectivity index (χ1n) is 6.22. The number of rotatable bonds is 6. The summed E-state index contributed by atoms with van der Waals surface area (Å²) in [5.41, 5.74) is 6.80. The maximum atomic E-state index is 9.49. The van der Waals surface area contributed by atoms with Gasteiger partial charge in [-0.3, -0.25) is 0 Å². The molecular weight excluding hydrogens is 244 g/mol. The summed E-state index contributed by atoms with van der Waals surface area (Å²) in [6, 6.07) is 8.49. The summed E-state index contributed by atoms with van der Waals surface area (Å²) >= 11 is 1.80. The molecule has 1 aromatic heterocycles. The fourth-order valence-electron chi connectivity index (χ4n) is 2.06. The minimum atomic E-state index is -0.422. The van der Waals surface area contributed by atoms with Gasteiger partial charge in [-0.15, -0.1) is 11.3 Å². The maximum Gasteiger partial charge on any atom is 0.0788 e. The Kier molecular flexibility index (Phi) is 4.72. The van der Waals surface area contributed by atoms with Gasteiger partial charge in [-0.05, 0) is 35.9 Å². The number of fused-ring (bicyclic) bond motifs is 1. The molecule has 0 saturated carbocycles. The number of hydrogen-bond acceptors (Lipinski definition) is 4. The number of likely N-dealkylation sites (N-methyl/N-ethyl adjacent to an activating group) is 1. The molecule has 0 bridgehead atoms. The third-order valence-electron chi connectivity index (χ3n) is 3.12. The van der Waals surface area contributed by atoms with Crippen molar-refractivity contribution < 1.29 is 5.11 Å². The molecule has 0 fully saturated rings. The summed E-state index contributed by atoms with van der Waals surface area (Å²) in [5.74, 6) is 0. The van der Waals surface area contributed by atoms with Crippen LogP contribution in [0.2, 0.25) is 0 Å². The van der Waals surface area contributed by atoms with Gasteiger partial charge in [0.05, 0.1) is 6.10 Å². The van der Waals surface area contributed by atoms with Gasteiger partial charge in [0.1, 0.15) is 0 Å². The predicted molar refractivity (Wildman–Crippen MR) is 78.1 cm³/mol. The molecule has 0 aliphatic carbocycles. The zero-order valence-electron chi connectivity index (χ0n) is 10.7. The van der Waals surface area contributed by atoms with Crippen LogP contribution in [0.4, 0.5) is 0 Å². The minimum absolute atomic E-state index is 0.325. The van der Waals surface area contributed by atoms with Crippen molar-refractivity contribution in [2.24, 2.45) is 5.73 Å². The lowest BCUT2D eigenvalue weighted by atomic mass is 10.1. The number of aliphatic hydroxyl groups is 1. The molecule has 0 radical (unpaired) electrons. The highest BCUT2D eigenvalue weighted by Crippen LogP contribution is 2.25. The molecule has 1 atom stereocenters. The lowest BCUT2D eigenvalue weighted by molar-refractivity contribution is 0.133. The summed E-state index contributed by atoms with van der Waals surface area (Å²) in [4.78, 5) is 2.13. The second kappa shape index (κ2) is 6.29. The zero-order valence-corrected chi connectivity index (χ0v) is 11.5. The highest BCUT2D eigenvalue weighted by atomic mass is 32.1. The molecule has 18 heavy (non-hydrogen) atoms. The average molecular weight is 264 g/mol. The summed E-state index contributed by atoms with van der Waals surface area (Å²) in [7, 11) is 2.02. The van der Waals surface area contributed by atoms with Gasteiger partial charge >= 0.3 is 0 Å². The molecule has 1 heterocycles. The van der Waals surface area contributed by atoms with Crippen LogP contribution in [-0.2, 0) is 6.42 Å². The van der Waals surface area contributed by atoms with Crippen LogP contribution in [0.15, 0.2) is 29.6 Å². The SMILES string of the molecule is CN(CCc1csc2ccccc12)CC(O)CN. The van der Waals surface area contributed by atoms with E-state index in [1.54, 1.807) is 11.3 Å². The van der Waals surface area contributed by atoms with Crippen molar-refractivity contribution in [1.29, 1.82) is 0 Å². The molecule has 3 nitrogen and oxygen atoms in total. The van der Waals surface area contributed by atoms with Gasteiger partial charge < -0.3 is 15.7 Å². The molecule has 1 aromatic carbocycles. The van der Waals surface area contributed by atoms with Crippen LogP contribution in [0.1, 0.15) is 5.56 Å². The van der Waals surface area contributed by atoms with Gasteiger partial charge in [-0.1, -0.05) is 18.2 Å². The highest BCUT2D eigenvalue weighted by Gasteiger charge is 2.08. The van der Waals surface area contributed by atoms with E-state index in [1.165, 1.54) is 15.6 Å². The van der Waals surface area contributed by atoms with E-state index in [0.29, 0.717) is 13.1 Å². The average Bonchev–Trinajstić information content (AvgIpc) is 2.79. The third kappa shape index (κ3) is 3.29. The maximum absolute atomic E-state index is 9.49. The van der Waals surface area contributed by atoms with E-state index in [-0.39, 0.29) is 0 Å². The topological polar surface area (TPSA) is 49.5 Å². The lowest BCUT2D eigenvalue weighted by Crippen LogP contribution is -2.35. The van der Waals surface area contributed by atoms with E-state index in [9.17, 15) is 5.11 Å². The second-order valence-electron chi connectivity index (χ2n) is 4.66. The van der Waals surface area contributed by atoms with Gasteiger partial charge in [-0.2, -0.15) is 0 Å². The number of thiophene rings is 1. The Bertz CT molecular complexity index is 497. The molecule has 0 aliphatic heterocycles. The van der Waals surface area contributed by atoms with Crippen molar-refractivity contribution in [3.05, 3.63) is 35.2 Å². The molecule has 3 N–H and O–H groups in total. The molecule has 2 rings (SSSR count). The number of aliphatic hydroxyl groups excluding tert-OH is 1. The van der Waals surface area contributed by atoms with E-state index in [4.69, 9.17) is 5.73 Å². The first-order chi connectivity index (χ1) is 8.70. The van der Waals surface area contributed by atoms with Crippen LogP contribution in [0.5, 0.6) is 0 Å². The Labute approximate surface area is 112 Å². The quantitative estimate of drug-likeness (QED) is 0.835. The van der Waals surface area contributed by atoms with E-state index in [0.717, 1.165) is 13.0 Å². The van der Waals surface area contributed by atoms with Gasteiger partial charge in [0.25, 0.3) is 0 Å². The van der Waals surface area contributed by atoms with Gasteiger partial charge in [-0.25, -0.2) is 0 Å². The number of hydrogen-bond donors (Lipinski definition) is 2. The molecule has 0 saturated heterocycles.